The lowest BCUT2D eigenvalue weighted by molar-refractivity contribution is -0.163. The van der Waals surface area contributed by atoms with Gasteiger partial charge >= 0.3 is 5.97 Å². The van der Waals surface area contributed by atoms with Gasteiger partial charge in [-0.05, 0) is 56.2 Å². The molecule has 0 aromatic heterocycles. The second kappa shape index (κ2) is 7.27. The molecule has 3 heterocycles. The highest BCUT2D eigenvalue weighted by Gasteiger charge is 2.66. The number of hydrogen-bond acceptors (Lipinski definition) is 6. The number of ether oxygens (including phenoxy) is 1. The third-order valence-electron chi connectivity index (χ3n) is 6.03. The molecule has 2 aromatic carbocycles. The zero-order valence-corrected chi connectivity index (χ0v) is 19.4. The third-order valence-corrected chi connectivity index (χ3v) is 6.55. The molecule has 2 saturated heterocycles. The maximum Gasteiger partial charge on any atom is 0.331 e. The highest BCUT2D eigenvalue weighted by Crippen LogP contribution is 2.52. The van der Waals surface area contributed by atoms with Crippen LogP contribution in [-0.2, 0) is 19.1 Å². The number of hydrogen-bond donors (Lipinski definition) is 0. The number of anilines is 1. The van der Waals surface area contributed by atoms with Gasteiger partial charge in [-0.3, -0.25) is 14.6 Å². The maximum absolute atomic E-state index is 13.7. The zero-order valence-electron chi connectivity index (χ0n) is 17.9. The minimum Gasteiger partial charge on any atom is -0.458 e. The summed E-state index contributed by atoms with van der Waals surface area (Å²) in [5, 5.41) is 6.10. The summed E-state index contributed by atoms with van der Waals surface area (Å²) < 4.78 is 6.51. The SMILES string of the molecule is CC(C)(C)OC(=O)[C@H]1[C@H]2C(=O)N(c3ccc(Br)cc3)C(=O)[C@H]2[C@@H]2c3ccccc3C=NN12. The second-order valence-corrected chi connectivity index (χ2v) is 10.1. The van der Waals surface area contributed by atoms with Crippen molar-refractivity contribution in [3.05, 3.63) is 64.1 Å². The van der Waals surface area contributed by atoms with Crippen molar-refractivity contribution in [2.45, 2.75) is 38.5 Å². The number of fused-ring (bicyclic) bond motifs is 5. The molecule has 0 unspecified atom stereocenters. The first kappa shape index (κ1) is 20.9. The van der Waals surface area contributed by atoms with Gasteiger partial charge in [0.1, 0.15) is 5.60 Å². The summed E-state index contributed by atoms with van der Waals surface area (Å²) in [5.74, 6) is -2.89. The van der Waals surface area contributed by atoms with E-state index in [9.17, 15) is 14.4 Å². The summed E-state index contributed by atoms with van der Waals surface area (Å²) >= 11 is 3.38. The third kappa shape index (κ3) is 3.16. The van der Waals surface area contributed by atoms with Crippen molar-refractivity contribution in [2.75, 3.05) is 4.90 Å². The minimum absolute atomic E-state index is 0.324. The van der Waals surface area contributed by atoms with Crippen molar-refractivity contribution >= 4 is 45.6 Å². The Morgan fingerprint density at radius 2 is 1.66 bits per heavy atom. The maximum atomic E-state index is 13.7. The van der Waals surface area contributed by atoms with Crippen LogP contribution in [0.25, 0.3) is 0 Å². The molecule has 0 aliphatic carbocycles. The summed E-state index contributed by atoms with van der Waals surface area (Å²) in [5.41, 5.74) is 1.50. The van der Waals surface area contributed by atoms with E-state index in [4.69, 9.17) is 4.74 Å². The Kier molecular flexibility index (Phi) is 4.74. The number of amides is 2. The number of nitrogens with zero attached hydrogens (tertiary/aromatic N) is 3. The van der Waals surface area contributed by atoms with Crippen molar-refractivity contribution in [2.24, 2.45) is 16.9 Å². The summed E-state index contributed by atoms with van der Waals surface area (Å²) in [6.45, 7) is 5.33. The van der Waals surface area contributed by atoms with E-state index in [2.05, 4.69) is 21.0 Å². The van der Waals surface area contributed by atoms with E-state index in [0.717, 1.165) is 15.6 Å². The second-order valence-electron chi connectivity index (χ2n) is 9.22. The number of benzene rings is 2. The van der Waals surface area contributed by atoms with Gasteiger partial charge in [0.2, 0.25) is 11.8 Å². The number of rotatable bonds is 2. The van der Waals surface area contributed by atoms with Gasteiger partial charge in [-0.15, -0.1) is 0 Å². The smallest absolute Gasteiger partial charge is 0.331 e. The number of carbonyl (C=O) groups is 3. The molecule has 2 amide bonds. The number of halogens is 1. The monoisotopic (exact) mass is 495 g/mol. The molecule has 0 radical (unpaired) electrons. The van der Waals surface area contributed by atoms with Crippen LogP contribution < -0.4 is 4.90 Å². The summed E-state index contributed by atoms with van der Waals surface area (Å²) in [6.07, 6.45) is 1.67. The van der Waals surface area contributed by atoms with E-state index >= 15 is 0 Å². The van der Waals surface area contributed by atoms with Crippen LogP contribution in [0.4, 0.5) is 5.69 Å². The predicted molar refractivity (Wildman–Crippen MR) is 122 cm³/mol. The largest absolute Gasteiger partial charge is 0.458 e. The van der Waals surface area contributed by atoms with Crippen molar-refractivity contribution < 1.29 is 19.1 Å². The summed E-state index contributed by atoms with van der Waals surface area (Å²) in [4.78, 5) is 41.8. The molecule has 2 aromatic rings. The Balaban J connectivity index is 1.62. The summed E-state index contributed by atoms with van der Waals surface area (Å²) in [7, 11) is 0. The van der Waals surface area contributed by atoms with Gasteiger partial charge < -0.3 is 4.74 Å². The highest BCUT2D eigenvalue weighted by molar-refractivity contribution is 9.10. The zero-order chi connectivity index (χ0) is 22.8. The normalized spacial score (nSPS) is 26.1. The molecule has 0 bridgehead atoms. The molecule has 0 spiro atoms. The lowest BCUT2D eigenvalue weighted by Crippen LogP contribution is -2.46. The topological polar surface area (TPSA) is 79.3 Å². The van der Waals surface area contributed by atoms with Gasteiger partial charge in [0.25, 0.3) is 0 Å². The minimum atomic E-state index is -0.981. The first-order chi connectivity index (χ1) is 15.2. The Morgan fingerprint density at radius 3 is 2.34 bits per heavy atom. The fraction of sp³-hybridized carbons (Fsp3) is 0.333. The molecular formula is C24H22BrN3O4. The van der Waals surface area contributed by atoms with Crippen molar-refractivity contribution in [3.8, 4) is 0 Å². The number of esters is 1. The van der Waals surface area contributed by atoms with E-state index in [1.54, 1.807) is 56.3 Å². The van der Waals surface area contributed by atoms with Gasteiger partial charge in [0, 0.05) is 4.47 Å². The van der Waals surface area contributed by atoms with Crippen LogP contribution in [-0.4, -0.2) is 40.7 Å². The number of hydrazone groups is 1. The Morgan fingerprint density at radius 1 is 1.00 bits per heavy atom. The fourth-order valence-electron chi connectivity index (χ4n) is 4.85. The lowest BCUT2D eigenvalue weighted by atomic mass is 9.85. The van der Waals surface area contributed by atoms with Crippen LogP contribution >= 0.6 is 15.9 Å². The fourth-order valence-corrected chi connectivity index (χ4v) is 5.11. The van der Waals surface area contributed by atoms with Gasteiger partial charge in [0.15, 0.2) is 6.04 Å². The molecule has 7 nitrogen and oxygen atoms in total. The Bertz CT molecular complexity index is 1150. The van der Waals surface area contributed by atoms with Gasteiger partial charge in [-0.25, -0.2) is 9.69 Å². The van der Waals surface area contributed by atoms with Gasteiger partial charge in [-0.2, -0.15) is 5.10 Å². The Labute approximate surface area is 194 Å². The van der Waals surface area contributed by atoms with E-state index in [0.29, 0.717) is 5.69 Å². The molecular weight excluding hydrogens is 474 g/mol. The molecule has 164 valence electrons. The molecule has 32 heavy (non-hydrogen) atoms. The van der Waals surface area contributed by atoms with Crippen molar-refractivity contribution in [1.29, 1.82) is 0 Å². The van der Waals surface area contributed by atoms with Crippen molar-refractivity contribution in [1.82, 2.24) is 5.01 Å². The predicted octanol–water partition coefficient (Wildman–Crippen LogP) is 3.67. The van der Waals surface area contributed by atoms with E-state index in [-0.39, 0.29) is 5.91 Å². The average molecular weight is 496 g/mol. The standard InChI is InChI=1S/C24H22BrN3O4/c1-24(2,3)32-23(31)20-18-17(19-16-7-5-4-6-13(16)12-26-28(19)20)21(29)27(22(18)30)15-10-8-14(25)9-11-15/h4-12,17-20H,1-3H3/t17-,18+,19+,20-/m1/s1. The molecule has 0 N–H and O–H groups in total. The van der Waals surface area contributed by atoms with E-state index in [1.165, 1.54) is 4.90 Å². The van der Waals surface area contributed by atoms with E-state index < -0.39 is 41.4 Å². The van der Waals surface area contributed by atoms with Gasteiger partial charge in [-0.1, -0.05) is 40.2 Å². The molecule has 3 aliphatic rings. The molecule has 2 fully saturated rings. The van der Waals surface area contributed by atoms with Crippen molar-refractivity contribution in [3.63, 3.8) is 0 Å². The van der Waals surface area contributed by atoms with Crippen LogP contribution in [0.2, 0.25) is 0 Å². The lowest BCUT2D eigenvalue weighted by Gasteiger charge is -2.34. The highest BCUT2D eigenvalue weighted by atomic mass is 79.9. The Hall–Kier alpha value is -3.00. The van der Waals surface area contributed by atoms with Gasteiger partial charge in [0.05, 0.1) is 29.8 Å². The molecule has 8 heteroatoms. The van der Waals surface area contributed by atoms with Crippen LogP contribution in [0.15, 0.2) is 58.1 Å². The number of carbonyl (C=O) groups excluding carboxylic acids is 3. The van der Waals surface area contributed by atoms with Crippen LogP contribution in [0.1, 0.15) is 37.9 Å². The molecule has 5 rings (SSSR count). The van der Waals surface area contributed by atoms with Crippen LogP contribution in [0, 0.1) is 11.8 Å². The van der Waals surface area contributed by atoms with Crippen LogP contribution in [0.3, 0.4) is 0 Å². The van der Waals surface area contributed by atoms with E-state index in [1.807, 2.05) is 24.3 Å². The molecule has 3 aliphatic heterocycles. The molecule has 4 atom stereocenters. The molecule has 0 saturated carbocycles. The quantitative estimate of drug-likeness (QED) is 0.469. The average Bonchev–Trinajstić information content (AvgIpc) is 3.21. The summed E-state index contributed by atoms with van der Waals surface area (Å²) in [6, 6.07) is 13.1. The first-order valence-electron chi connectivity index (χ1n) is 10.4. The number of imide groups is 1. The first-order valence-corrected chi connectivity index (χ1v) is 11.2. The van der Waals surface area contributed by atoms with Crippen LogP contribution in [0.5, 0.6) is 0 Å².